The fraction of sp³-hybridized carbons (Fsp3) is 0.379. The summed E-state index contributed by atoms with van der Waals surface area (Å²) in [5, 5.41) is 1.35. The van der Waals surface area contributed by atoms with Crippen LogP contribution < -0.4 is 4.74 Å². The summed E-state index contributed by atoms with van der Waals surface area (Å²) in [7, 11) is 0. The lowest BCUT2D eigenvalue weighted by Gasteiger charge is -2.29. The highest BCUT2D eigenvalue weighted by Crippen LogP contribution is 2.39. The Bertz CT molecular complexity index is 1130. The zero-order valence-electron chi connectivity index (χ0n) is 18.9. The van der Waals surface area contributed by atoms with Crippen molar-refractivity contribution in [2.24, 2.45) is 5.92 Å². The zero-order valence-corrected chi connectivity index (χ0v) is 18.9. The molecule has 0 radical (unpaired) electrons. The van der Waals surface area contributed by atoms with Crippen LogP contribution in [0.3, 0.4) is 0 Å². The predicted octanol–water partition coefficient (Wildman–Crippen LogP) is 8.85. The molecule has 0 bridgehead atoms. The normalized spacial score (nSPS) is 18.8. The molecule has 1 aliphatic carbocycles. The molecule has 0 aromatic heterocycles. The Hall–Kier alpha value is -2.93. The van der Waals surface area contributed by atoms with Crippen molar-refractivity contribution < 1.29 is 17.9 Å². The molecule has 1 nitrogen and oxygen atoms in total. The Morgan fingerprint density at radius 3 is 2.27 bits per heavy atom. The van der Waals surface area contributed by atoms with Crippen LogP contribution in [0, 0.1) is 18.3 Å². The predicted molar refractivity (Wildman–Crippen MR) is 128 cm³/mol. The third kappa shape index (κ3) is 5.53. The Balaban J connectivity index is 1.51. The van der Waals surface area contributed by atoms with Crippen LogP contribution in [0.25, 0.3) is 21.9 Å². The van der Waals surface area contributed by atoms with Gasteiger partial charge in [-0.25, -0.2) is 0 Å². The molecule has 0 aliphatic heterocycles. The maximum absolute atomic E-state index is 12.7. The summed E-state index contributed by atoms with van der Waals surface area (Å²) in [6, 6.07) is 17.3. The average molecular weight is 451 g/mol. The molecule has 0 N–H and O–H groups in total. The number of fused-ring (bicyclic) bond motifs is 1. The van der Waals surface area contributed by atoms with Crippen LogP contribution >= 0.6 is 0 Å². The second-order valence-corrected chi connectivity index (χ2v) is 9.05. The quantitative estimate of drug-likeness (QED) is 0.341. The number of rotatable bonds is 6. The number of alkyl halides is 3. The molecule has 4 heteroatoms. The number of terminal acetylenes is 1. The summed E-state index contributed by atoms with van der Waals surface area (Å²) in [6.07, 6.45) is 9.90. The highest BCUT2D eigenvalue weighted by Gasteiger charge is 2.32. The fourth-order valence-corrected chi connectivity index (χ4v) is 5.07. The first-order valence-electron chi connectivity index (χ1n) is 11.8. The maximum Gasteiger partial charge on any atom is 0.573 e. The smallest absolute Gasteiger partial charge is 0.404 e. The Morgan fingerprint density at radius 2 is 1.64 bits per heavy atom. The molecule has 0 amide bonds. The van der Waals surface area contributed by atoms with Gasteiger partial charge in [0, 0.05) is 5.39 Å². The van der Waals surface area contributed by atoms with Gasteiger partial charge >= 0.3 is 6.36 Å². The Kier molecular flexibility index (Phi) is 6.98. The molecule has 4 rings (SSSR count). The van der Waals surface area contributed by atoms with E-state index in [0.29, 0.717) is 11.3 Å². The van der Waals surface area contributed by atoms with Crippen molar-refractivity contribution in [2.45, 2.75) is 64.1 Å². The van der Waals surface area contributed by atoms with Gasteiger partial charge in [-0.1, -0.05) is 74.6 Å². The third-order valence-corrected chi connectivity index (χ3v) is 6.88. The van der Waals surface area contributed by atoms with Crippen molar-refractivity contribution in [3.05, 3.63) is 65.7 Å². The highest BCUT2D eigenvalue weighted by molar-refractivity contribution is 5.93. The number of hydrogen-bond donors (Lipinski definition) is 0. The number of unbranched alkanes of at least 4 members (excludes halogenated alkanes) is 1. The molecule has 0 heterocycles. The second-order valence-electron chi connectivity index (χ2n) is 9.05. The Labute approximate surface area is 194 Å². The molecule has 172 valence electrons. The second kappa shape index (κ2) is 9.91. The molecule has 3 aromatic rings. The van der Waals surface area contributed by atoms with Gasteiger partial charge < -0.3 is 4.74 Å². The van der Waals surface area contributed by atoms with Crippen LogP contribution in [-0.2, 0) is 0 Å². The molecular weight excluding hydrogens is 421 g/mol. The van der Waals surface area contributed by atoms with E-state index in [9.17, 15) is 13.2 Å². The molecule has 33 heavy (non-hydrogen) atoms. The molecule has 0 atom stereocenters. The summed E-state index contributed by atoms with van der Waals surface area (Å²) < 4.78 is 42.2. The molecule has 1 fully saturated rings. The van der Waals surface area contributed by atoms with Gasteiger partial charge in [-0.05, 0) is 71.7 Å². The standard InChI is InChI=1S/C29H29F3O/c1-3-5-6-20-7-9-21(10-8-20)22-11-13-23(14-12-22)24-15-17-27-25(19-24)16-18-28(26(27)4-2)33-29(30,31)32/h2,11-21H,3,5-10H2,1H3/t20-,21-. The van der Waals surface area contributed by atoms with E-state index in [2.05, 4.69) is 41.8 Å². The summed E-state index contributed by atoms with van der Waals surface area (Å²) in [4.78, 5) is 0. The number of ether oxygens (including phenoxy) is 1. The zero-order chi connectivity index (χ0) is 23.4. The molecule has 0 spiro atoms. The van der Waals surface area contributed by atoms with Crippen molar-refractivity contribution in [1.82, 2.24) is 0 Å². The Morgan fingerprint density at radius 1 is 0.939 bits per heavy atom. The lowest BCUT2D eigenvalue weighted by molar-refractivity contribution is -0.274. The maximum atomic E-state index is 12.7. The minimum atomic E-state index is -4.78. The van der Waals surface area contributed by atoms with Gasteiger partial charge in [-0.2, -0.15) is 0 Å². The fourth-order valence-electron chi connectivity index (χ4n) is 5.07. The molecular formula is C29H29F3O. The lowest BCUT2D eigenvalue weighted by atomic mass is 9.77. The lowest BCUT2D eigenvalue weighted by Crippen LogP contribution is -2.17. The SMILES string of the molecule is C#Cc1c(OC(F)(F)F)ccc2cc(-c3ccc([C@H]4CC[C@H](CCCC)CC4)cc3)ccc12. The first-order valence-corrected chi connectivity index (χ1v) is 11.8. The van der Waals surface area contributed by atoms with Crippen LogP contribution in [-0.4, -0.2) is 6.36 Å². The summed E-state index contributed by atoms with van der Waals surface area (Å²) in [5.41, 5.74) is 3.60. The third-order valence-electron chi connectivity index (χ3n) is 6.88. The van der Waals surface area contributed by atoms with Crippen molar-refractivity contribution in [2.75, 3.05) is 0 Å². The van der Waals surface area contributed by atoms with Crippen LogP contribution in [0.5, 0.6) is 5.75 Å². The van der Waals surface area contributed by atoms with E-state index >= 15 is 0 Å². The summed E-state index contributed by atoms with van der Waals surface area (Å²) in [5.74, 6) is 3.54. The van der Waals surface area contributed by atoms with E-state index in [-0.39, 0.29) is 11.3 Å². The minimum Gasteiger partial charge on any atom is -0.404 e. The van der Waals surface area contributed by atoms with E-state index in [1.807, 2.05) is 12.1 Å². The molecule has 1 saturated carbocycles. The van der Waals surface area contributed by atoms with Gasteiger partial charge in [0.15, 0.2) is 0 Å². The van der Waals surface area contributed by atoms with Crippen molar-refractivity contribution in [3.63, 3.8) is 0 Å². The summed E-state index contributed by atoms with van der Waals surface area (Å²) in [6.45, 7) is 2.26. The molecule has 0 unspecified atom stereocenters. The van der Waals surface area contributed by atoms with Crippen LogP contribution in [0.4, 0.5) is 13.2 Å². The van der Waals surface area contributed by atoms with Crippen LogP contribution in [0.1, 0.15) is 68.9 Å². The van der Waals surface area contributed by atoms with E-state index in [1.165, 1.54) is 56.6 Å². The minimum absolute atomic E-state index is 0.112. The number of benzene rings is 3. The topological polar surface area (TPSA) is 9.23 Å². The van der Waals surface area contributed by atoms with Crippen molar-refractivity contribution in [1.29, 1.82) is 0 Å². The number of halogens is 3. The van der Waals surface area contributed by atoms with Gasteiger partial charge in [0.25, 0.3) is 0 Å². The summed E-state index contributed by atoms with van der Waals surface area (Å²) >= 11 is 0. The largest absolute Gasteiger partial charge is 0.573 e. The first-order chi connectivity index (χ1) is 15.9. The van der Waals surface area contributed by atoms with E-state index in [1.54, 1.807) is 12.1 Å². The van der Waals surface area contributed by atoms with Gasteiger partial charge in [-0.3, -0.25) is 0 Å². The molecule has 3 aromatic carbocycles. The van der Waals surface area contributed by atoms with Crippen LogP contribution in [0.2, 0.25) is 0 Å². The van der Waals surface area contributed by atoms with E-state index < -0.39 is 6.36 Å². The van der Waals surface area contributed by atoms with Gasteiger partial charge in [0.2, 0.25) is 0 Å². The molecule has 1 aliphatic rings. The van der Waals surface area contributed by atoms with E-state index in [0.717, 1.165) is 22.4 Å². The highest BCUT2D eigenvalue weighted by atomic mass is 19.4. The number of hydrogen-bond acceptors (Lipinski definition) is 1. The van der Waals surface area contributed by atoms with Gasteiger partial charge in [0.05, 0.1) is 5.56 Å². The van der Waals surface area contributed by atoms with Gasteiger partial charge in [-0.15, -0.1) is 19.6 Å². The first kappa shape index (κ1) is 23.2. The van der Waals surface area contributed by atoms with E-state index in [4.69, 9.17) is 6.42 Å². The average Bonchev–Trinajstić information content (AvgIpc) is 2.82. The monoisotopic (exact) mass is 450 g/mol. The van der Waals surface area contributed by atoms with Crippen molar-refractivity contribution in [3.8, 4) is 29.2 Å². The van der Waals surface area contributed by atoms with Crippen molar-refractivity contribution >= 4 is 10.8 Å². The van der Waals surface area contributed by atoms with Gasteiger partial charge in [0.1, 0.15) is 5.75 Å². The molecule has 0 saturated heterocycles. The van der Waals surface area contributed by atoms with Crippen LogP contribution in [0.15, 0.2) is 54.6 Å².